The van der Waals surface area contributed by atoms with Crippen molar-refractivity contribution in [1.82, 2.24) is 5.32 Å². The van der Waals surface area contributed by atoms with Gasteiger partial charge in [-0.05, 0) is 67.2 Å². The lowest BCUT2D eigenvalue weighted by atomic mass is 9.83. The van der Waals surface area contributed by atoms with E-state index in [1.165, 1.54) is 37.7 Å². The van der Waals surface area contributed by atoms with Crippen LogP contribution in [0.3, 0.4) is 0 Å². The molecular formula is C19H31N. The molecule has 1 aromatic rings. The van der Waals surface area contributed by atoms with Gasteiger partial charge in [-0.15, -0.1) is 0 Å². The van der Waals surface area contributed by atoms with Crippen LogP contribution in [0.5, 0.6) is 0 Å². The molecule has 1 heteroatoms. The lowest BCUT2D eigenvalue weighted by Crippen LogP contribution is -2.30. The smallest absolute Gasteiger partial charge is 0.0348 e. The third-order valence-electron chi connectivity index (χ3n) is 4.92. The maximum absolute atomic E-state index is 3.77. The Morgan fingerprint density at radius 1 is 1.05 bits per heavy atom. The molecule has 0 spiro atoms. The third kappa shape index (κ3) is 3.63. The van der Waals surface area contributed by atoms with Crippen molar-refractivity contribution < 1.29 is 0 Å². The highest BCUT2D eigenvalue weighted by Gasteiger charge is 2.22. The zero-order valence-corrected chi connectivity index (χ0v) is 13.7. The maximum atomic E-state index is 3.77. The summed E-state index contributed by atoms with van der Waals surface area (Å²) in [4.78, 5) is 0. The summed E-state index contributed by atoms with van der Waals surface area (Å²) in [5.74, 6) is 1.38. The van der Waals surface area contributed by atoms with E-state index < -0.39 is 0 Å². The van der Waals surface area contributed by atoms with E-state index in [-0.39, 0.29) is 0 Å². The SMILES string of the molecule is CCCNC(c1ccc2c(c1)CCCC2)C(C)C(C)C. The first-order valence-electron chi connectivity index (χ1n) is 8.48. The zero-order chi connectivity index (χ0) is 14.5. The van der Waals surface area contributed by atoms with Crippen LogP contribution in [-0.2, 0) is 12.8 Å². The Kier molecular flexibility index (Phi) is 5.65. The first-order valence-corrected chi connectivity index (χ1v) is 8.48. The summed E-state index contributed by atoms with van der Waals surface area (Å²) in [7, 11) is 0. The number of aryl methyl sites for hydroxylation is 2. The molecule has 2 rings (SSSR count). The summed E-state index contributed by atoms with van der Waals surface area (Å²) >= 11 is 0. The topological polar surface area (TPSA) is 12.0 Å². The Morgan fingerprint density at radius 2 is 1.75 bits per heavy atom. The zero-order valence-electron chi connectivity index (χ0n) is 13.7. The van der Waals surface area contributed by atoms with Crippen LogP contribution in [0, 0.1) is 11.8 Å². The number of hydrogen-bond donors (Lipinski definition) is 1. The van der Waals surface area contributed by atoms with E-state index >= 15 is 0 Å². The highest BCUT2D eigenvalue weighted by molar-refractivity contribution is 5.35. The molecule has 0 aromatic heterocycles. The van der Waals surface area contributed by atoms with Gasteiger partial charge in [-0.1, -0.05) is 45.9 Å². The Labute approximate surface area is 125 Å². The standard InChI is InChI=1S/C19H31N/c1-5-12-20-19(15(4)14(2)3)18-11-10-16-8-6-7-9-17(16)13-18/h10-11,13-15,19-20H,5-9,12H2,1-4H3. The highest BCUT2D eigenvalue weighted by Crippen LogP contribution is 2.31. The van der Waals surface area contributed by atoms with Gasteiger partial charge in [0.25, 0.3) is 0 Å². The van der Waals surface area contributed by atoms with Crippen LogP contribution in [0.2, 0.25) is 0 Å². The summed E-state index contributed by atoms with van der Waals surface area (Å²) in [6.07, 6.45) is 6.49. The molecule has 2 atom stereocenters. The molecular weight excluding hydrogens is 242 g/mol. The van der Waals surface area contributed by atoms with Gasteiger partial charge < -0.3 is 5.32 Å². The van der Waals surface area contributed by atoms with Gasteiger partial charge in [0.15, 0.2) is 0 Å². The summed E-state index contributed by atoms with van der Waals surface area (Å²) < 4.78 is 0. The Bertz CT molecular complexity index is 422. The molecule has 1 N–H and O–H groups in total. The van der Waals surface area contributed by atoms with E-state index in [9.17, 15) is 0 Å². The number of fused-ring (bicyclic) bond motifs is 1. The van der Waals surface area contributed by atoms with E-state index in [4.69, 9.17) is 0 Å². The first-order chi connectivity index (χ1) is 9.63. The van der Waals surface area contributed by atoms with E-state index in [0.717, 1.165) is 6.54 Å². The maximum Gasteiger partial charge on any atom is 0.0348 e. The average molecular weight is 273 g/mol. The normalized spacial score (nSPS) is 17.9. The molecule has 0 fully saturated rings. The van der Waals surface area contributed by atoms with E-state index in [0.29, 0.717) is 17.9 Å². The van der Waals surface area contributed by atoms with Crippen molar-refractivity contribution >= 4 is 0 Å². The van der Waals surface area contributed by atoms with Crippen molar-refractivity contribution in [2.24, 2.45) is 11.8 Å². The van der Waals surface area contributed by atoms with Crippen LogP contribution >= 0.6 is 0 Å². The van der Waals surface area contributed by atoms with E-state index in [2.05, 4.69) is 51.2 Å². The van der Waals surface area contributed by atoms with Gasteiger partial charge in [0, 0.05) is 6.04 Å². The van der Waals surface area contributed by atoms with Crippen LogP contribution in [0.4, 0.5) is 0 Å². The molecule has 112 valence electrons. The average Bonchev–Trinajstić information content (AvgIpc) is 2.47. The molecule has 0 saturated carbocycles. The van der Waals surface area contributed by atoms with Crippen LogP contribution in [0.1, 0.15) is 69.7 Å². The molecule has 0 saturated heterocycles. The quantitative estimate of drug-likeness (QED) is 0.777. The number of rotatable bonds is 6. The molecule has 1 aliphatic rings. The fraction of sp³-hybridized carbons (Fsp3) is 0.684. The monoisotopic (exact) mass is 273 g/mol. The summed E-state index contributed by atoms with van der Waals surface area (Å²) in [5.41, 5.74) is 4.69. The second kappa shape index (κ2) is 7.26. The molecule has 0 aliphatic heterocycles. The van der Waals surface area contributed by atoms with Crippen LogP contribution in [0.15, 0.2) is 18.2 Å². The summed E-state index contributed by atoms with van der Waals surface area (Å²) in [6.45, 7) is 10.4. The largest absolute Gasteiger partial charge is 0.310 e. The Hall–Kier alpha value is -0.820. The fourth-order valence-corrected chi connectivity index (χ4v) is 3.24. The second-order valence-electron chi connectivity index (χ2n) is 6.77. The lowest BCUT2D eigenvalue weighted by Gasteiger charge is -2.30. The molecule has 1 nitrogen and oxygen atoms in total. The van der Waals surface area contributed by atoms with Crippen LogP contribution < -0.4 is 5.32 Å². The van der Waals surface area contributed by atoms with Gasteiger partial charge in [-0.2, -0.15) is 0 Å². The van der Waals surface area contributed by atoms with Crippen molar-refractivity contribution in [3.63, 3.8) is 0 Å². The van der Waals surface area contributed by atoms with Gasteiger partial charge in [0.2, 0.25) is 0 Å². The number of benzene rings is 1. The van der Waals surface area contributed by atoms with E-state index in [1.54, 1.807) is 11.1 Å². The minimum Gasteiger partial charge on any atom is -0.310 e. The fourth-order valence-electron chi connectivity index (χ4n) is 3.24. The number of nitrogens with one attached hydrogen (secondary N) is 1. The molecule has 20 heavy (non-hydrogen) atoms. The highest BCUT2D eigenvalue weighted by atomic mass is 14.9. The molecule has 0 amide bonds. The number of hydrogen-bond acceptors (Lipinski definition) is 1. The molecule has 2 unspecified atom stereocenters. The molecule has 0 heterocycles. The van der Waals surface area contributed by atoms with Crippen molar-refractivity contribution in [2.75, 3.05) is 6.54 Å². The second-order valence-corrected chi connectivity index (χ2v) is 6.77. The molecule has 1 aromatic carbocycles. The van der Waals surface area contributed by atoms with E-state index in [1.807, 2.05) is 0 Å². The minimum absolute atomic E-state index is 0.502. The third-order valence-corrected chi connectivity index (χ3v) is 4.92. The molecule has 0 bridgehead atoms. The van der Waals surface area contributed by atoms with Crippen LogP contribution in [-0.4, -0.2) is 6.54 Å². The van der Waals surface area contributed by atoms with Crippen molar-refractivity contribution in [3.8, 4) is 0 Å². The minimum atomic E-state index is 0.502. The Balaban J connectivity index is 2.23. The van der Waals surface area contributed by atoms with Crippen molar-refractivity contribution in [3.05, 3.63) is 34.9 Å². The van der Waals surface area contributed by atoms with Gasteiger partial charge >= 0.3 is 0 Å². The van der Waals surface area contributed by atoms with Crippen molar-refractivity contribution in [2.45, 2.75) is 65.8 Å². The summed E-state index contributed by atoms with van der Waals surface area (Å²) in [6, 6.07) is 7.75. The van der Waals surface area contributed by atoms with Crippen molar-refractivity contribution in [1.29, 1.82) is 0 Å². The molecule has 1 aliphatic carbocycles. The molecule has 0 radical (unpaired) electrons. The van der Waals surface area contributed by atoms with Gasteiger partial charge in [0.05, 0.1) is 0 Å². The summed E-state index contributed by atoms with van der Waals surface area (Å²) in [5, 5.41) is 3.77. The Morgan fingerprint density at radius 3 is 2.40 bits per heavy atom. The predicted molar refractivity (Wildman–Crippen MR) is 88.1 cm³/mol. The van der Waals surface area contributed by atoms with Gasteiger partial charge in [-0.3, -0.25) is 0 Å². The lowest BCUT2D eigenvalue weighted by molar-refractivity contribution is 0.303. The first kappa shape index (κ1) is 15.6. The predicted octanol–water partition coefficient (Wildman–Crippen LogP) is 4.90. The van der Waals surface area contributed by atoms with Gasteiger partial charge in [0.1, 0.15) is 0 Å². The van der Waals surface area contributed by atoms with Crippen LogP contribution in [0.25, 0.3) is 0 Å². The van der Waals surface area contributed by atoms with Gasteiger partial charge in [-0.25, -0.2) is 0 Å².